The number of aromatic nitrogens is 3. The molecule has 3 N–H and O–H groups in total. The first-order chi connectivity index (χ1) is 14.0. The van der Waals surface area contributed by atoms with Gasteiger partial charge in [0.25, 0.3) is 5.91 Å². The zero-order valence-electron chi connectivity index (χ0n) is 15.5. The molecular formula is C20H17N5O3S. The molecule has 2 heterocycles. The fourth-order valence-corrected chi connectivity index (χ4v) is 3.58. The Morgan fingerprint density at radius 2 is 1.90 bits per heavy atom. The molecule has 8 nitrogen and oxygen atoms in total. The van der Waals surface area contributed by atoms with Gasteiger partial charge in [-0.15, -0.1) is 10.2 Å². The third kappa shape index (κ3) is 3.85. The fourth-order valence-electron chi connectivity index (χ4n) is 2.87. The monoisotopic (exact) mass is 407 g/mol. The maximum absolute atomic E-state index is 12.3. The number of carbonyl (C=O) groups excluding carboxylic acids is 2. The number of para-hydroxylation sites is 2. The van der Waals surface area contributed by atoms with Gasteiger partial charge in [-0.3, -0.25) is 9.59 Å². The minimum atomic E-state index is -0.600. The Balaban J connectivity index is 1.46. The Labute approximate surface area is 170 Å². The standard InChI is InChI=1S/C20H17N5O3S/c1-25-19(16-10-12-6-2-5-9-15(12)28-16)23-24-20(25)29-11-17(26)22-14-8-4-3-7-13(14)18(21)27/h2-10H,11H2,1H3,(H2,21,27)(H,22,26). The van der Waals surface area contributed by atoms with Gasteiger partial charge in [-0.2, -0.15) is 0 Å². The van der Waals surface area contributed by atoms with Crippen molar-refractivity contribution in [2.75, 3.05) is 11.1 Å². The molecule has 2 amide bonds. The molecule has 0 unspecified atom stereocenters. The molecule has 29 heavy (non-hydrogen) atoms. The minimum Gasteiger partial charge on any atom is -0.453 e. The largest absolute Gasteiger partial charge is 0.453 e. The van der Waals surface area contributed by atoms with Gasteiger partial charge in [-0.25, -0.2) is 0 Å². The van der Waals surface area contributed by atoms with Gasteiger partial charge in [0.15, 0.2) is 16.7 Å². The summed E-state index contributed by atoms with van der Waals surface area (Å²) in [5, 5.41) is 12.6. The van der Waals surface area contributed by atoms with Crippen molar-refractivity contribution in [1.82, 2.24) is 14.8 Å². The summed E-state index contributed by atoms with van der Waals surface area (Å²) in [5.74, 6) is 0.393. The van der Waals surface area contributed by atoms with Gasteiger partial charge >= 0.3 is 0 Å². The second-order valence-electron chi connectivity index (χ2n) is 6.26. The molecule has 0 radical (unpaired) electrons. The van der Waals surface area contributed by atoms with Crippen molar-refractivity contribution in [3.05, 3.63) is 60.2 Å². The average Bonchev–Trinajstić information content (AvgIpc) is 3.29. The number of amides is 2. The van der Waals surface area contributed by atoms with E-state index in [9.17, 15) is 9.59 Å². The van der Waals surface area contributed by atoms with E-state index in [1.165, 1.54) is 11.8 Å². The summed E-state index contributed by atoms with van der Waals surface area (Å²) in [4.78, 5) is 23.8. The Morgan fingerprint density at radius 1 is 1.14 bits per heavy atom. The molecule has 0 aliphatic heterocycles. The normalized spacial score (nSPS) is 10.9. The molecule has 0 spiro atoms. The number of nitrogens with two attached hydrogens (primary N) is 1. The molecule has 146 valence electrons. The zero-order valence-corrected chi connectivity index (χ0v) is 16.3. The maximum atomic E-state index is 12.3. The number of benzene rings is 2. The molecule has 0 saturated heterocycles. The molecule has 0 aliphatic rings. The van der Waals surface area contributed by atoms with E-state index < -0.39 is 5.91 Å². The van der Waals surface area contributed by atoms with Crippen LogP contribution in [0.5, 0.6) is 0 Å². The Hall–Kier alpha value is -3.59. The zero-order chi connectivity index (χ0) is 20.4. The summed E-state index contributed by atoms with van der Waals surface area (Å²) in [6.07, 6.45) is 0. The lowest BCUT2D eigenvalue weighted by molar-refractivity contribution is -0.113. The topological polar surface area (TPSA) is 116 Å². The van der Waals surface area contributed by atoms with Crippen LogP contribution in [0.2, 0.25) is 0 Å². The highest BCUT2D eigenvalue weighted by molar-refractivity contribution is 7.99. The second kappa shape index (κ2) is 7.80. The van der Waals surface area contributed by atoms with Crippen molar-refractivity contribution >= 4 is 40.2 Å². The minimum absolute atomic E-state index is 0.0964. The summed E-state index contributed by atoms with van der Waals surface area (Å²) in [7, 11) is 1.81. The fraction of sp³-hybridized carbons (Fsp3) is 0.100. The number of primary amides is 1. The molecular weight excluding hydrogens is 390 g/mol. The predicted octanol–water partition coefficient (Wildman–Crippen LogP) is 3.06. The summed E-state index contributed by atoms with van der Waals surface area (Å²) in [6, 6.07) is 16.2. The lowest BCUT2D eigenvalue weighted by Crippen LogP contribution is -2.19. The van der Waals surface area contributed by atoms with Gasteiger partial charge in [0, 0.05) is 12.4 Å². The predicted molar refractivity (Wildman–Crippen MR) is 111 cm³/mol. The Bertz CT molecular complexity index is 1180. The smallest absolute Gasteiger partial charge is 0.250 e. The van der Waals surface area contributed by atoms with Crippen LogP contribution in [0.4, 0.5) is 5.69 Å². The lowest BCUT2D eigenvalue weighted by atomic mass is 10.1. The van der Waals surface area contributed by atoms with Crippen LogP contribution in [0.25, 0.3) is 22.6 Å². The van der Waals surface area contributed by atoms with Crippen LogP contribution in [0, 0.1) is 0 Å². The molecule has 0 atom stereocenters. The van der Waals surface area contributed by atoms with Crippen LogP contribution < -0.4 is 11.1 Å². The molecule has 0 aliphatic carbocycles. The lowest BCUT2D eigenvalue weighted by Gasteiger charge is -2.08. The highest BCUT2D eigenvalue weighted by atomic mass is 32.2. The molecule has 4 aromatic rings. The third-order valence-electron chi connectivity index (χ3n) is 4.28. The quantitative estimate of drug-likeness (QED) is 0.475. The highest BCUT2D eigenvalue weighted by Crippen LogP contribution is 2.28. The van der Waals surface area contributed by atoms with Gasteiger partial charge in [-0.05, 0) is 24.3 Å². The van der Waals surface area contributed by atoms with E-state index in [0.29, 0.717) is 22.4 Å². The van der Waals surface area contributed by atoms with Gasteiger partial charge in [0.1, 0.15) is 5.58 Å². The van der Waals surface area contributed by atoms with Crippen LogP contribution >= 0.6 is 11.8 Å². The third-order valence-corrected chi connectivity index (χ3v) is 5.30. The summed E-state index contributed by atoms with van der Waals surface area (Å²) >= 11 is 1.23. The van der Waals surface area contributed by atoms with E-state index in [1.807, 2.05) is 37.4 Å². The van der Waals surface area contributed by atoms with E-state index in [4.69, 9.17) is 10.2 Å². The molecule has 0 saturated carbocycles. The van der Waals surface area contributed by atoms with Gasteiger partial charge < -0.3 is 20.0 Å². The van der Waals surface area contributed by atoms with Crippen molar-refractivity contribution in [3.63, 3.8) is 0 Å². The van der Waals surface area contributed by atoms with E-state index >= 15 is 0 Å². The first kappa shape index (κ1) is 18.8. The van der Waals surface area contributed by atoms with Crippen LogP contribution in [-0.4, -0.2) is 32.3 Å². The van der Waals surface area contributed by atoms with Crippen molar-refractivity contribution < 1.29 is 14.0 Å². The number of anilines is 1. The molecule has 0 fully saturated rings. The van der Waals surface area contributed by atoms with Gasteiger partial charge in [0.05, 0.1) is 17.0 Å². The van der Waals surface area contributed by atoms with E-state index in [2.05, 4.69) is 15.5 Å². The molecule has 2 aromatic carbocycles. The number of fused-ring (bicyclic) bond motifs is 1. The number of furan rings is 1. The van der Waals surface area contributed by atoms with Crippen LogP contribution in [-0.2, 0) is 11.8 Å². The first-order valence-corrected chi connectivity index (χ1v) is 9.71. The molecule has 2 aromatic heterocycles. The van der Waals surface area contributed by atoms with Crippen LogP contribution in [0.1, 0.15) is 10.4 Å². The Morgan fingerprint density at radius 3 is 2.69 bits per heavy atom. The summed E-state index contributed by atoms with van der Waals surface area (Å²) < 4.78 is 7.60. The number of thioether (sulfide) groups is 1. The number of carbonyl (C=O) groups is 2. The second-order valence-corrected chi connectivity index (χ2v) is 7.20. The average molecular weight is 407 g/mol. The number of nitrogens with one attached hydrogen (secondary N) is 1. The van der Waals surface area contributed by atoms with E-state index in [-0.39, 0.29) is 17.2 Å². The van der Waals surface area contributed by atoms with Crippen molar-refractivity contribution in [2.24, 2.45) is 12.8 Å². The number of nitrogens with zero attached hydrogens (tertiary/aromatic N) is 3. The molecule has 4 rings (SSSR count). The van der Waals surface area contributed by atoms with E-state index in [0.717, 1.165) is 11.0 Å². The SMILES string of the molecule is Cn1c(SCC(=O)Nc2ccccc2C(N)=O)nnc1-c1cc2ccccc2o1. The van der Waals surface area contributed by atoms with Gasteiger partial charge in [-0.1, -0.05) is 42.1 Å². The number of rotatable bonds is 6. The summed E-state index contributed by atoms with van der Waals surface area (Å²) in [5.41, 5.74) is 6.75. The maximum Gasteiger partial charge on any atom is 0.250 e. The first-order valence-electron chi connectivity index (χ1n) is 8.73. The van der Waals surface area contributed by atoms with Crippen LogP contribution in [0.3, 0.4) is 0 Å². The number of hydrogen-bond donors (Lipinski definition) is 2. The summed E-state index contributed by atoms with van der Waals surface area (Å²) in [6.45, 7) is 0. The van der Waals surface area contributed by atoms with E-state index in [1.54, 1.807) is 28.8 Å². The van der Waals surface area contributed by atoms with Crippen LogP contribution in [0.15, 0.2) is 64.2 Å². The Kier molecular flexibility index (Phi) is 5.05. The number of hydrogen-bond acceptors (Lipinski definition) is 6. The molecule has 9 heteroatoms. The van der Waals surface area contributed by atoms with Gasteiger partial charge in [0.2, 0.25) is 5.91 Å². The molecule has 0 bridgehead atoms. The van der Waals surface area contributed by atoms with Crippen molar-refractivity contribution in [2.45, 2.75) is 5.16 Å². The highest BCUT2D eigenvalue weighted by Gasteiger charge is 2.17. The van der Waals surface area contributed by atoms with Crippen molar-refractivity contribution in [3.8, 4) is 11.6 Å². The van der Waals surface area contributed by atoms with Crippen molar-refractivity contribution in [1.29, 1.82) is 0 Å².